The highest BCUT2D eigenvalue weighted by Gasteiger charge is 2.20. The first-order valence-electron chi connectivity index (χ1n) is 13.4. The number of aldehydes is 1. The molecule has 3 rings (SSSR count). The van der Waals surface area contributed by atoms with E-state index in [1.807, 2.05) is 57.2 Å². The van der Waals surface area contributed by atoms with Crippen molar-refractivity contribution in [3.63, 3.8) is 0 Å². The maximum Gasteiger partial charge on any atom is 0.142 e. The van der Waals surface area contributed by atoms with E-state index in [1.165, 1.54) is 13.1 Å². The normalized spacial score (nSPS) is 11.7. The number of carbonyl (C=O) groups excluding carboxylic acids is 1. The second kappa shape index (κ2) is 17.7. The number of nitrogens with two attached hydrogens (primary N) is 1. The Balaban J connectivity index is 0.00000181. The average molecular weight is 541 g/mol. The largest absolute Gasteiger partial charge is 0.333 e. The van der Waals surface area contributed by atoms with Crippen LogP contribution in [0.25, 0.3) is 22.3 Å². The van der Waals surface area contributed by atoms with Gasteiger partial charge in [-0.2, -0.15) is 5.26 Å². The third-order valence-electron chi connectivity index (χ3n) is 6.14. The van der Waals surface area contributed by atoms with Crippen LogP contribution in [0.15, 0.2) is 78.4 Å². The zero-order valence-corrected chi connectivity index (χ0v) is 25.1. The van der Waals surface area contributed by atoms with Crippen molar-refractivity contribution in [1.82, 2.24) is 0 Å². The lowest BCUT2D eigenvalue weighted by Crippen LogP contribution is -2.00. The molecule has 0 aliphatic rings. The fourth-order valence-corrected chi connectivity index (χ4v) is 4.82. The van der Waals surface area contributed by atoms with Gasteiger partial charge in [0.15, 0.2) is 0 Å². The first-order valence-corrected chi connectivity index (χ1v) is 13.8. The second-order valence-corrected chi connectivity index (χ2v) is 8.82. The predicted octanol–water partition coefficient (Wildman–Crippen LogP) is 9.37. The van der Waals surface area contributed by atoms with Crippen molar-refractivity contribution in [2.24, 2.45) is 5.73 Å². The lowest BCUT2D eigenvalue weighted by atomic mass is 9.84. The lowest BCUT2D eigenvalue weighted by molar-refractivity contribution is -0.104. The van der Waals surface area contributed by atoms with Crippen LogP contribution in [0.1, 0.15) is 79.5 Å². The number of halogens is 1. The summed E-state index contributed by atoms with van der Waals surface area (Å²) in [7, 11) is 1.50. The third kappa shape index (κ3) is 8.65. The Morgan fingerprint density at radius 1 is 0.923 bits per heavy atom. The zero-order valence-electron chi connectivity index (χ0n) is 24.3. The molecule has 0 aliphatic heterocycles. The molecule has 2 N–H and O–H groups in total. The van der Waals surface area contributed by atoms with Crippen molar-refractivity contribution in [3.05, 3.63) is 117 Å². The Hall–Kier alpha value is -3.71. The van der Waals surface area contributed by atoms with Crippen LogP contribution in [0.4, 0.5) is 0 Å². The van der Waals surface area contributed by atoms with Crippen LogP contribution in [0.2, 0.25) is 0 Å². The van der Waals surface area contributed by atoms with Crippen molar-refractivity contribution in [2.45, 2.75) is 54.4 Å². The van der Waals surface area contributed by atoms with E-state index in [-0.39, 0.29) is 0 Å². The molecule has 39 heavy (non-hydrogen) atoms. The number of rotatable bonds is 8. The fraction of sp³-hybridized carbons (Fsp3) is 0.257. The summed E-state index contributed by atoms with van der Waals surface area (Å²) in [5.41, 5.74) is 14.4. The van der Waals surface area contributed by atoms with Gasteiger partial charge in [-0.25, -0.2) is 0 Å². The van der Waals surface area contributed by atoms with Crippen LogP contribution < -0.4 is 5.73 Å². The van der Waals surface area contributed by atoms with Crippen molar-refractivity contribution in [2.75, 3.05) is 7.05 Å². The topological polar surface area (TPSA) is 66.9 Å². The molecule has 0 heterocycles. The first-order chi connectivity index (χ1) is 18.9. The summed E-state index contributed by atoms with van der Waals surface area (Å²) >= 11 is 7.14. The smallest absolute Gasteiger partial charge is 0.142 e. The maximum atomic E-state index is 10.7. The van der Waals surface area contributed by atoms with E-state index < -0.39 is 0 Å². The van der Waals surface area contributed by atoms with Gasteiger partial charge in [-0.1, -0.05) is 106 Å². The molecule has 0 fully saturated rings. The highest BCUT2D eigenvalue weighted by atomic mass is 35.5. The Labute approximate surface area is 240 Å². The molecule has 204 valence electrons. The van der Waals surface area contributed by atoms with Gasteiger partial charge in [0.1, 0.15) is 6.29 Å². The Morgan fingerprint density at radius 3 is 2.10 bits per heavy atom. The van der Waals surface area contributed by atoms with Crippen LogP contribution in [-0.4, -0.2) is 13.3 Å². The van der Waals surface area contributed by atoms with Gasteiger partial charge in [0, 0.05) is 0 Å². The van der Waals surface area contributed by atoms with Crippen molar-refractivity contribution in [3.8, 4) is 6.07 Å². The average Bonchev–Trinajstić information content (AvgIpc) is 2.99. The van der Waals surface area contributed by atoms with Gasteiger partial charge in [-0.05, 0) is 96.0 Å². The molecule has 3 aromatic rings. The summed E-state index contributed by atoms with van der Waals surface area (Å²) in [6.45, 7) is 12.3. The number of allylic oxidation sites excluding steroid dienone is 4. The van der Waals surface area contributed by atoms with E-state index in [1.54, 1.807) is 6.08 Å². The first kappa shape index (κ1) is 33.3. The molecular weight excluding hydrogens is 500 g/mol. The number of nitrogens with zero attached hydrogens (tertiary/aromatic N) is 1. The standard InChI is InChI=1S/C32H30ClNO.C2H6.CH5N/c1-5-27(30-18-13-22(3)20-26(30)21-34)31(25-16-14-24(15-17-25)11-9-19-35)28(6-2)32(33)29-12-8-7-10-23(29)4;2*1-2/h7-20H,5-6H2,1-4H3;1-2H3;2H2,1H3/b11-9+,31-27+,32-28-;;. The highest BCUT2D eigenvalue weighted by Crippen LogP contribution is 2.42. The van der Waals surface area contributed by atoms with Gasteiger partial charge in [0.2, 0.25) is 0 Å². The molecule has 0 saturated heterocycles. The van der Waals surface area contributed by atoms with E-state index in [4.69, 9.17) is 11.6 Å². The predicted molar refractivity (Wildman–Crippen MR) is 170 cm³/mol. The van der Waals surface area contributed by atoms with Gasteiger partial charge in [-0.15, -0.1) is 0 Å². The summed E-state index contributed by atoms with van der Waals surface area (Å²) < 4.78 is 0. The van der Waals surface area contributed by atoms with Gasteiger partial charge in [0.25, 0.3) is 0 Å². The van der Waals surface area contributed by atoms with E-state index in [2.05, 4.69) is 62.9 Å². The van der Waals surface area contributed by atoms with Crippen molar-refractivity contribution < 1.29 is 4.79 Å². The molecular formula is C35H41ClN2O. The number of nitriles is 1. The molecule has 0 spiro atoms. The molecule has 3 aromatic carbocycles. The van der Waals surface area contributed by atoms with Gasteiger partial charge < -0.3 is 5.73 Å². The minimum absolute atomic E-state index is 0.660. The van der Waals surface area contributed by atoms with Crippen LogP contribution in [0.3, 0.4) is 0 Å². The molecule has 0 unspecified atom stereocenters. The quantitative estimate of drug-likeness (QED) is 0.134. The van der Waals surface area contributed by atoms with E-state index in [0.717, 1.165) is 74.3 Å². The van der Waals surface area contributed by atoms with E-state index in [0.29, 0.717) is 5.56 Å². The number of hydrogen-bond donors (Lipinski definition) is 1. The van der Waals surface area contributed by atoms with Gasteiger partial charge >= 0.3 is 0 Å². The van der Waals surface area contributed by atoms with Crippen LogP contribution in [0, 0.1) is 25.2 Å². The zero-order chi connectivity index (χ0) is 29.4. The molecule has 0 radical (unpaired) electrons. The highest BCUT2D eigenvalue weighted by molar-refractivity contribution is 6.50. The molecule has 0 amide bonds. The van der Waals surface area contributed by atoms with Crippen LogP contribution in [0.5, 0.6) is 0 Å². The molecule has 0 saturated carbocycles. The number of hydrogen-bond acceptors (Lipinski definition) is 3. The van der Waals surface area contributed by atoms with Crippen LogP contribution in [-0.2, 0) is 4.79 Å². The fourth-order valence-electron chi connectivity index (χ4n) is 4.38. The number of carbonyl (C=O) groups is 1. The summed E-state index contributed by atoms with van der Waals surface area (Å²) in [5.74, 6) is 0. The summed E-state index contributed by atoms with van der Waals surface area (Å²) in [4.78, 5) is 10.7. The summed E-state index contributed by atoms with van der Waals surface area (Å²) in [5, 5.41) is 10.7. The Morgan fingerprint density at radius 2 is 1.56 bits per heavy atom. The monoisotopic (exact) mass is 540 g/mol. The number of benzene rings is 3. The van der Waals surface area contributed by atoms with Crippen molar-refractivity contribution >= 4 is 40.1 Å². The molecule has 0 aromatic heterocycles. The van der Waals surface area contributed by atoms with Gasteiger partial charge in [-0.3, -0.25) is 4.79 Å². The number of aryl methyl sites for hydroxylation is 2. The van der Waals surface area contributed by atoms with Crippen LogP contribution >= 0.6 is 11.6 Å². The molecule has 0 bridgehead atoms. The minimum Gasteiger partial charge on any atom is -0.333 e. The van der Waals surface area contributed by atoms with Gasteiger partial charge in [0.05, 0.1) is 16.7 Å². The summed E-state index contributed by atoms with van der Waals surface area (Å²) in [6.07, 6.45) is 5.51. The minimum atomic E-state index is 0.660. The molecule has 0 aliphatic carbocycles. The Kier molecular flexibility index (Phi) is 15.2. The SMILES string of the molecule is CC.CCC(=C(/Cl)c1ccccc1C)/C(=C(\CC)c1ccc(C)cc1C#N)c1ccc(/C=C/C=O)cc1.CN. The van der Waals surface area contributed by atoms with E-state index >= 15 is 0 Å². The second-order valence-electron chi connectivity index (χ2n) is 8.45. The maximum absolute atomic E-state index is 10.7. The van der Waals surface area contributed by atoms with E-state index in [9.17, 15) is 10.1 Å². The molecule has 0 atom stereocenters. The third-order valence-corrected chi connectivity index (χ3v) is 6.58. The van der Waals surface area contributed by atoms with Crippen molar-refractivity contribution in [1.29, 1.82) is 5.26 Å². The summed E-state index contributed by atoms with van der Waals surface area (Å²) in [6, 6.07) is 24.7. The Bertz CT molecular complexity index is 1360. The molecule has 4 heteroatoms. The lowest BCUT2D eigenvalue weighted by Gasteiger charge is -2.21. The molecule has 3 nitrogen and oxygen atoms in total.